The number of pyridine rings is 2. The second kappa shape index (κ2) is 14.3. The molecule has 0 N–H and O–H groups in total. The molecule has 3 heterocycles. The number of rotatable bonds is 5. The van der Waals surface area contributed by atoms with Crippen LogP contribution in [0.25, 0.3) is 55.6 Å². The summed E-state index contributed by atoms with van der Waals surface area (Å²) < 4.78 is 14.7. The van der Waals surface area contributed by atoms with Crippen molar-refractivity contribution in [1.82, 2.24) is 9.97 Å². The summed E-state index contributed by atoms with van der Waals surface area (Å²) in [5, 5.41) is 3.55. The first-order valence-electron chi connectivity index (χ1n) is 16.2. The molecular weight excluding hydrogens is 769 g/mol. The molecule has 239 valence electrons. The molecule has 0 amide bonds. The Morgan fingerprint density at radius 3 is 2.23 bits per heavy atom. The predicted molar refractivity (Wildman–Crippen MR) is 196 cm³/mol. The van der Waals surface area contributed by atoms with Gasteiger partial charge in [-0.1, -0.05) is 110 Å². The Bertz CT molecular complexity index is 2160. The van der Waals surface area contributed by atoms with Crippen LogP contribution in [-0.2, 0) is 20.1 Å². The molecule has 0 atom stereocenters. The van der Waals surface area contributed by atoms with Gasteiger partial charge < -0.3 is 14.4 Å². The predicted octanol–water partition coefficient (Wildman–Crippen LogP) is 10.9. The average molecular weight is 810 g/mol. The average Bonchev–Trinajstić information content (AvgIpc) is 3.44. The van der Waals surface area contributed by atoms with Crippen molar-refractivity contribution in [1.29, 1.82) is 0 Å². The van der Waals surface area contributed by atoms with Gasteiger partial charge in [-0.15, -0.1) is 54.1 Å². The zero-order valence-electron chi connectivity index (χ0n) is 29.0. The van der Waals surface area contributed by atoms with E-state index < -0.39 is 14.0 Å². The molecule has 7 aromatic rings. The van der Waals surface area contributed by atoms with Gasteiger partial charge in [-0.3, -0.25) is 0 Å². The Hall–Kier alpha value is -4.15. The van der Waals surface area contributed by atoms with Gasteiger partial charge in [-0.25, -0.2) is 0 Å². The fourth-order valence-corrected chi connectivity index (χ4v) is 6.82. The van der Waals surface area contributed by atoms with Crippen LogP contribution in [0.3, 0.4) is 0 Å². The third-order valence-corrected chi connectivity index (χ3v) is 10.2. The van der Waals surface area contributed by atoms with E-state index in [0.717, 1.165) is 55.6 Å². The summed E-state index contributed by atoms with van der Waals surface area (Å²) in [5.74, 6) is -0.699. The molecule has 3 nitrogen and oxygen atoms in total. The van der Waals surface area contributed by atoms with Crippen LogP contribution < -0.4 is 5.19 Å². The molecule has 0 unspecified atom stereocenters. The van der Waals surface area contributed by atoms with E-state index in [2.05, 4.69) is 98.1 Å². The van der Waals surface area contributed by atoms with Crippen molar-refractivity contribution in [3.05, 3.63) is 138 Å². The van der Waals surface area contributed by atoms with Gasteiger partial charge in [-0.05, 0) is 59.6 Å². The number of nitrogens with zero attached hydrogens (tertiary/aromatic N) is 2. The van der Waals surface area contributed by atoms with Gasteiger partial charge in [-0.2, -0.15) is 0 Å². The Morgan fingerprint density at radius 1 is 0.787 bits per heavy atom. The molecule has 0 saturated carbocycles. The van der Waals surface area contributed by atoms with E-state index in [1.165, 1.54) is 21.9 Å². The minimum absolute atomic E-state index is 0. The van der Waals surface area contributed by atoms with Gasteiger partial charge in [0.05, 0.1) is 13.7 Å². The van der Waals surface area contributed by atoms with Gasteiger partial charge in [0.15, 0.2) is 0 Å². The molecule has 0 bridgehead atoms. The van der Waals surface area contributed by atoms with E-state index in [1.807, 2.05) is 74.6 Å². The number of hydrogen-bond acceptors (Lipinski definition) is 3. The smallest absolute Gasteiger partial charge is 0.121 e. The molecule has 47 heavy (non-hydrogen) atoms. The first kappa shape index (κ1) is 32.8. The molecule has 5 heteroatoms. The molecule has 1 radical (unpaired) electrons. The largest absolute Gasteiger partial charge is 0.501 e. The Morgan fingerprint density at radius 2 is 1.57 bits per heavy atom. The maximum atomic E-state index is 8.38. The zero-order chi connectivity index (χ0) is 33.3. The van der Waals surface area contributed by atoms with Crippen molar-refractivity contribution in [2.75, 3.05) is 0 Å². The van der Waals surface area contributed by atoms with Crippen LogP contribution in [0.5, 0.6) is 0 Å². The van der Waals surface area contributed by atoms with Crippen LogP contribution in [0.15, 0.2) is 114 Å². The van der Waals surface area contributed by atoms with Crippen molar-refractivity contribution in [3.8, 4) is 33.6 Å². The van der Waals surface area contributed by atoms with E-state index in [4.69, 9.17) is 5.79 Å². The Balaban J connectivity index is 0.000000224. The summed E-state index contributed by atoms with van der Waals surface area (Å²) in [6.07, 6.45) is 3.78. The molecule has 0 aliphatic heterocycles. The fourth-order valence-electron chi connectivity index (χ4n) is 5.78. The summed E-state index contributed by atoms with van der Waals surface area (Å²) in [6, 6.07) is 39.5. The van der Waals surface area contributed by atoms with Crippen LogP contribution in [0.4, 0.5) is 0 Å². The molecule has 4 aromatic carbocycles. The molecule has 0 saturated heterocycles. The zero-order valence-corrected chi connectivity index (χ0v) is 31.4. The minimum atomic E-state index is -1.23. The van der Waals surface area contributed by atoms with E-state index in [1.54, 1.807) is 6.20 Å². The monoisotopic (exact) mass is 810 g/mol. The van der Waals surface area contributed by atoms with Gasteiger partial charge in [0, 0.05) is 39.3 Å². The quantitative estimate of drug-likeness (QED) is 0.128. The number of benzene rings is 4. The molecular formula is C42H40IrN2OSi-2. The Kier molecular flexibility index (Phi) is 9.98. The second-order valence-electron chi connectivity index (χ2n) is 13.1. The summed E-state index contributed by atoms with van der Waals surface area (Å²) in [7, 11) is -1.23. The SMILES string of the molecule is C[Si](C)(C)c1ccc(-c2[c-]cccc2)nc1.[2H]C(C)(C)c1ccnc(-c2[c-]ccc3c2oc2cccc(-c4cc(C)cc(C)c4)c23)c1.[Ir]. The molecule has 3 aromatic heterocycles. The van der Waals surface area contributed by atoms with E-state index >= 15 is 0 Å². The van der Waals surface area contributed by atoms with Crippen LogP contribution in [0.2, 0.25) is 19.6 Å². The van der Waals surface area contributed by atoms with Crippen molar-refractivity contribution in [2.24, 2.45) is 0 Å². The maximum absolute atomic E-state index is 8.38. The van der Waals surface area contributed by atoms with E-state index in [9.17, 15) is 0 Å². The molecule has 0 spiro atoms. The summed E-state index contributed by atoms with van der Waals surface area (Å²) >= 11 is 0. The third kappa shape index (κ3) is 7.54. The van der Waals surface area contributed by atoms with Gasteiger partial charge in [0.1, 0.15) is 5.58 Å². The fraction of sp³-hybridized carbons (Fsp3) is 0.190. The number of aryl methyl sites for hydroxylation is 2. The standard InChI is InChI=1S/C28H24NO.C14H16NSi.Ir/c1-17(2)20-11-12-29-25(16-20)23-8-5-9-24-27-22(7-6-10-26(27)30-28(23)24)21-14-18(3)13-19(4)15-21;1-16(2,3)13-9-10-14(15-11-13)12-7-5-4-6-8-12;/h5-7,9-17H,1-4H3;4-7,9-11H,1-3H3;/q2*-1;/i17D;;. The number of hydrogen-bond donors (Lipinski definition) is 0. The second-order valence-corrected chi connectivity index (χ2v) is 18.2. The van der Waals surface area contributed by atoms with Crippen molar-refractivity contribution in [2.45, 2.75) is 53.2 Å². The summed E-state index contributed by atoms with van der Waals surface area (Å²) in [4.78, 5) is 9.09. The van der Waals surface area contributed by atoms with Crippen molar-refractivity contribution in [3.63, 3.8) is 0 Å². The third-order valence-electron chi connectivity index (χ3n) is 8.20. The minimum Gasteiger partial charge on any atom is -0.501 e. The maximum Gasteiger partial charge on any atom is 0.121 e. The first-order valence-corrected chi connectivity index (χ1v) is 19.2. The Labute approximate surface area is 294 Å². The van der Waals surface area contributed by atoms with Crippen LogP contribution in [-0.4, -0.2) is 18.0 Å². The van der Waals surface area contributed by atoms with Crippen LogP contribution >= 0.6 is 0 Å². The van der Waals surface area contributed by atoms with Crippen molar-refractivity contribution < 1.29 is 25.9 Å². The summed E-state index contributed by atoms with van der Waals surface area (Å²) in [5.41, 5.74) is 11.0. The normalized spacial score (nSPS) is 11.9. The molecule has 0 aliphatic rings. The number of fused-ring (bicyclic) bond motifs is 3. The topological polar surface area (TPSA) is 38.9 Å². The van der Waals surface area contributed by atoms with Crippen LogP contribution in [0, 0.1) is 26.0 Å². The van der Waals surface area contributed by atoms with E-state index in [0.29, 0.717) is 0 Å². The first-order chi connectivity index (χ1) is 22.4. The van der Waals surface area contributed by atoms with Gasteiger partial charge in [0.2, 0.25) is 0 Å². The van der Waals surface area contributed by atoms with Crippen molar-refractivity contribution >= 4 is 35.2 Å². The molecule has 0 aliphatic carbocycles. The number of furan rings is 1. The van der Waals surface area contributed by atoms with Gasteiger partial charge >= 0.3 is 0 Å². The number of aromatic nitrogens is 2. The van der Waals surface area contributed by atoms with E-state index in [-0.39, 0.29) is 20.1 Å². The summed E-state index contributed by atoms with van der Waals surface area (Å²) in [6.45, 7) is 15.0. The molecule has 7 rings (SSSR count). The molecule has 0 fully saturated rings. The van der Waals surface area contributed by atoms with Crippen LogP contribution in [0.1, 0.15) is 37.8 Å². The van der Waals surface area contributed by atoms with Gasteiger partial charge in [0.25, 0.3) is 0 Å².